The molecular weight excluding hydrogens is 308 g/mol. The first kappa shape index (κ1) is 15.9. The summed E-state index contributed by atoms with van der Waals surface area (Å²) < 4.78 is 5.26. The number of hydrogen-bond acceptors (Lipinski definition) is 5. The molecule has 3 rings (SSSR count). The molecule has 1 unspecified atom stereocenters. The van der Waals surface area contributed by atoms with Gasteiger partial charge < -0.3 is 4.52 Å². The van der Waals surface area contributed by atoms with Gasteiger partial charge in [0.25, 0.3) is 0 Å². The molecule has 0 fully saturated rings. The fraction of sp³-hybridized carbons (Fsp3) is 0.294. The maximum absolute atomic E-state index is 11.3. The number of nitro groups is 1. The third-order valence-electron chi connectivity index (χ3n) is 4.21. The molecular formula is C17H18N4O3. The number of nitrogens with one attached hydrogen (secondary N) is 1. The van der Waals surface area contributed by atoms with Crippen LogP contribution in [0.1, 0.15) is 39.9 Å². The Bertz CT molecular complexity index is 848. The Labute approximate surface area is 138 Å². The van der Waals surface area contributed by atoms with Crippen molar-refractivity contribution in [2.24, 2.45) is 0 Å². The third kappa shape index (κ3) is 2.80. The van der Waals surface area contributed by atoms with Crippen LogP contribution in [0.5, 0.6) is 0 Å². The largest absolute Gasteiger partial charge is 0.354 e. The number of benzene rings is 1. The van der Waals surface area contributed by atoms with Gasteiger partial charge in [-0.15, -0.1) is 0 Å². The number of nitrogens with zero attached hydrogens (tertiary/aromatic N) is 3. The summed E-state index contributed by atoms with van der Waals surface area (Å²) >= 11 is 0. The van der Waals surface area contributed by atoms with Crippen molar-refractivity contribution < 1.29 is 9.45 Å². The number of H-pyrrole nitrogens is 1. The predicted molar refractivity (Wildman–Crippen MR) is 87.9 cm³/mol. The summed E-state index contributed by atoms with van der Waals surface area (Å²) in [7, 11) is 0. The van der Waals surface area contributed by atoms with Crippen LogP contribution in [0, 0.1) is 30.9 Å². The molecule has 3 aromatic rings. The van der Waals surface area contributed by atoms with Gasteiger partial charge in [0.15, 0.2) is 5.69 Å². The highest BCUT2D eigenvalue weighted by Crippen LogP contribution is 2.35. The van der Waals surface area contributed by atoms with Crippen molar-refractivity contribution in [3.8, 4) is 0 Å². The molecule has 0 amide bonds. The van der Waals surface area contributed by atoms with Crippen LogP contribution in [0.25, 0.3) is 0 Å². The lowest BCUT2D eigenvalue weighted by molar-refractivity contribution is -0.386. The first-order valence-corrected chi connectivity index (χ1v) is 7.65. The first-order valence-electron chi connectivity index (χ1n) is 7.65. The summed E-state index contributed by atoms with van der Waals surface area (Å²) in [5.74, 6) is 0.183. The van der Waals surface area contributed by atoms with E-state index < -0.39 is 4.92 Å². The van der Waals surface area contributed by atoms with E-state index in [1.54, 1.807) is 6.92 Å². The molecule has 0 aliphatic carbocycles. The fourth-order valence-corrected chi connectivity index (χ4v) is 3.11. The molecule has 1 N–H and O–H groups in total. The molecule has 2 aromatic heterocycles. The summed E-state index contributed by atoms with van der Waals surface area (Å²) in [6, 6.07) is 9.86. The maximum atomic E-state index is 11.3. The highest BCUT2D eigenvalue weighted by Gasteiger charge is 2.30. The topological polar surface area (TPSA) is 97.8 Å². The van der Waals surface area contributed by atoms with Gasteiger partial charge in [-0.3, -0.25) is 15.2 Å². The van der Waals surface area contributed by atoms with Crippen LogP contribution in [0.3, 0.4) is 0 Å². The molecule has 1 aromatic carbocycles. The Kier molecular flexibility index (Phi) is 4.16. The molecule has 0 saturated heterocycles. The van der Waals surface area contributed by atoms with Gasteiger partial charge in [-0.25, -0.2) is 0 Å². The van der Waals surface area contributed by atoms with Crippen LogP contribution in [0.15, 0.2) is 34.9 Å². The standard InChI is InChI=1S/C17H18N4O3/c1-10-16(11(2)19-18-10)14(13-7-5-4-6-8-13)9-15-17(21(22)23)12(3)20-24-15/h4-8,14H,9H2,1-3H3,(H,18,19). The minimum atomic E-state index is -0.432. The summed E-state index contributed by atoms with van der Waals surface area (Å²) in [4.78, 5) is 10.9. The van der Waals surface area contributed by atoms with E-state index in [0.717, 1.165) is 22.5 Å². The molecule has 0 bridgehead atoms. The Morgan fingerprint density at radius 1 is 1.21 bits per heavy atom. The SMILES string of the molecule is Cc1n[nH]c(C)c1C(Cc1onc(C)c1[N+](=O)[O-])c1ccccc1. The normalized spacial score (nSPS) is 12.3. The Balaban J connectivity index is 2.09. The van der Waals surface area contributed by atoms with E-state index in [2.05, 4.69) is 15.4 Å². The summed E-state index contributed by atoms with van der Waals surface area (Å²) in [5.41, 5.74) is 4.15. The minimum absolute atomic E-state index is 0.0465. The molecule has 0 radical (unpaired) electrons. The number of aryl methyl sites for hydroxylation is 3. The zero-order chi connectivity index (χ0) is 17.3. The van der Waals surface area contributed by atoms with Crippen LogP contribution in [-0.2, 0) is 6.42 Å². The minimum Gasteiger partial charge on any atom is -0.354 e. The van der Waals surface area contributed by atoms with Crippen LogP contribution in [0.2, 0.25) is 0 Å². The quantitative estimate of drug-likeness (QED) is 0.570. The third-order valence-corrected chi connectivity index (χ3v) is 4.21. The van der Waals surface area contributed by atoms with Crippen molar-refractivity contribution in [1.82, 2.24) is 15.4 Å². The van der Waals surface area contributed by atoms with E-state index in [4.69, 9.17) is 4.52 Å². The molecule has 7 nitrogen and oxygen atoms in total. The van der Waals surface area contributed by atoms with Crippen LogP contribution < -0.4 is 0 Å². The van der Waals surface area contributed by atoms with Gasteiger partial charge in [0.2, 0.25) is 5.76 Å². The second-order valence-corrected chi connectivity index (χ2v) is 5.81. The van der Waals surface area contributed by atoms with Crippen molar-refractivity contribution in [2.75, 3.05) is 0 Å². The van der Waals surface area contributed by atoms with Gasteiger partial charge in [-0.2, -0.15) is 5.10 Å². The van der Waals surface area contributed by atoms with Crippen molar-refractivity contribution in [3.63, 3.8) is 0 Å². The molecule has 124 valence electrons. The summed E-state index contributed by atoms with van der Waals surface area (Å²) in [5, 5.41) is 22.3. The molecule has 0 saturated carbocycles. The van der Waals surface area contributed by atoms with Crippen LogP contribution >= 0.6 is 0 Å². The molecule has 1 atom stereocenters. The van der Waals surface area contributed by atoms with E-state index in [9.17, 15) is 10.1 Å². The van der Waals surface area contributed by atoms with Crippen molar-refractivity contribution in [1.29, 1.82) is 0 Å². The fourth-order valence-electron chi connectivity index (χ4n) is 3.11. The predicted octanol–water partition coefficient (Wildman–Crippen LogP) is 3.61. The van der Waals surface area contributed by atoms with Gasteiger partial charge in [-0.05, 0) is 26.3 Å². The Morgan fingerprint density at radius 2 is 1.92 bits per heavy atom. The number of aromatic amines is 1. The smallest absolute Gasteiger partial charge is 0.334 e. The lowest BCUT2D eigenvalue weighted by atomic mass is 9.86. The summed E-state index contributed by atoms with van der Waals surface area (Å²) in [6.45, 7) is 5.46. The van der Waals surface area contributed by atoms with Crippen molar-refractivity contribution >= 4 is 5.69 Å². The highest BCUT2D eigenvalue weighted by molar-refractivity contribution is 5.43. The van der Waals surface area contributed by atoms with Gasteiger partial charge in [-0.1, -0.05) is 35.5 Å². The van der Waals surface area contributed by atoms with Gasteiger partial charge in [0, 0.05) is 23.6 Å². The van der Waals surface area contributed by atoms with E-state index >= 15 is 0 Å². The number of aromatic nitrogens is 3. The average molecular weight is 326 g/mol. The zero-order valence-corrected chi connectivity index (χ0v) is 13.7. The Hall–Kier alpha value is -2.96. The maximum Gasteiger partial charge on any atom is 0.334 e. The Morgan fingerprint density at radius 3 is 2.50 bits per heavy atom. The highest BCUT2D eigenvalue weighted by atomic mass is 16.6. The molecule has 7 heteroatoms. The average Bonchev–Trinajstić information content (AvgIpc) is 3.09. The summed E-state index contributed by atoms with van der Waals surface area (Å²) in [6.07, 6.45) is 0.350. The molecule has 24 heavy (non-hydrogen) atoms. The van der Waals surface area contributed by atoms with Crippen molar-refractivity contribution in [3.05, 3.63) is 74.4 Å². The van der Waals surface area contributed by atoms with Gasteiger partial charge in [0.05, 0.1) is 10.6 Å². The van der Waals surface area contributed by atoms with Crippen LogP contribution in [-0.4, -0.2) is 20.3 Å². The zero-order valence-electron chi connectivity index (χ0n) is 13.7. The van der Waals surface area contributed by atoms with E-state index in [1.807, 2.05) is 44.2 Å². The monoisotopic (exact) mass is 326 g/mol. The second kappa shape index (κ2) is 6.27. The van der Waals surface area contributed by atoms with Gasteiger partial charge >= 0.3 is 5.69 Å². The van der Waals surface area contributed by atoms with Crippen molar-refractivity contribution in [2.45, 2.75) is 33.1 Å². The molecule has 0 spiro atoms. The second-order valence-electron chi connectivity index (χ2n) is 5.81. The lowest BCUT2D eigenvalue weighted by Gasteiger charge is -2.16. The number of hydrogen-bond donors (Lipinski definition) is 1. The lowest BCUT2D eigenvalue weighted by Crippen LogP contribution is -2.08. The van der Waals surface area contributed by atoms with Crippen LogP contribution in [0.4, 0.5) is 5.69 Å². The van der Waals surface area contributed by atoms with E-state index in [1.165, 1.54) is 0 Å². The molecule has 2 heterocycles. The van der Waals surface area contributed by atoms with E-state index in [0.29, 0.717) is 12.1 Å². The van der Waals surface area contributed by atoms with Gasteiger partial charge in [0.1, 0.15) is 0 Å². The molecule has 0 aliphatic heterocycles. The van der Waals surface area contributed by atoms with E-state index in [-0.39, 0.29) is 17.4 Å². The first-order chi connectivity index (χ1) is 11.5. The molecule has 0 aliphatic rings. The number of rotatable bonds is 5.